The minimum Gasteiger partial charge on any atom is -0.493 e. The quantitative estimate of drug-likeness (QED) is 0.520. The zero-order valence-electron chi connectivity index (χ0n) is 19.8. The van der Waals surface area contributed by atoms with E-state index in [0.29, 0.717) is 18.1 Å². The maximum absolute atomic E-state index is 13.1. The van der Waals surface area contributed by atoms with Crippen LogP contribution < -0.4 is 14.8 Å². The highest BCUT2D eigenvalue weighted by molar-refractivity contribution is 5.96. The highest BCUT2D eigenvalue weighted by Crippen LogP contribution is 2.30. The molecule has 0 saturated carbocycles. The van der Waals surface area contributed by atoms with Crippen molar-refractivity contribution in [2.75, 3.05) is 7.11 Å². The van der Waals surface area contributed by atoms with Crippen LogP contribution in [0.5, 0.6) is 11.5 Å². The number of methoxy groups -OCH3 is 1. The molecule has 0 bridgehead atoms. The summed E-state index contributed by atoms with van der Waals surface area (Å²) in [6.45, 7) is 7.71. The predicted molar refractivity (Wildman–Crippen MR) is 123 cm³/mol. The van der Waals surface area contributed by atoms with Gasteiger partial charge < -0.3 is 14.8 Å². The highest BCUT2D eigenvalue weighted by Gasteiger charge is 2.24. The average molecular weight is 452 g/mol. The van der Waals surface area contributed by atoms with Crippen LogP contribution in [0.4, 0.5) is 0 Å². The normalized spacial score (nSPS) is 11.7. The van der Waals surface area contributed by atoms with Crippen molar-refractivity contribution >= 4 is 11.9 Å². The van der Waals surface area contributed by atoms with Gasteiger partial charge in [-0.2, -0.15) is 5.10 Å². The molecule has 0 saturated heterocycles. The summed E-state index contributed by atoms with van der Waals surface area (Å²) in [6, 6.07) is 7.18. The van der Waals surface area contributed by atoms with Crippen LogP contribution in [0, 0.1) is 13.8 Å². The second-order valence-corrected chi connectivity index (χ2v) is 7.90. The van der Waals surface area contributed by atoms with Gasteiger partial charge in [0.05, 0.1) is 13.2 Å². The Hall–Kier alpha value is -3.75. The summed E-state index contributed by atoms with van der Waals surface area (Å²) >= 11 is 0. The van der Waals surface area contributed by atoms with Crippen LogP contribution in [-0.4, -0.2) is 38.7 Å². The Bertz CT molecular complexity index is 1150. The molecule has 0 unspecified atom stereocenters. The number of benzene rings is 1. The van der Waals surface area contributed by atoms with Gasteiger partial charge in [-0.1, -0.05) is 24.1 Å². The molecule has 3 aromatic rings. The maximum Gasteiger partial charge on any atom is 0.311 e. The zero-order valence-corrected chi connectivity index (χ0v) is 19.8. The lowest BCUT2D eigenvalue weighted by atomic mass is 10.1. The summed E-state index contributed by atoms with van der Waals surface area (Å²) in [5.74, 6) is 0.424. The molecule has 9 heteroatoms. The Morgan fingerprint density at radius 1 is 1.18 bits per heavy atom. The van der Waals surface area contributed by atoms with Gasteiger partial charge in [0.2, 0.25) is 5.75 Å². The van der Waals surface area contributed by atoms with E-state index in [0.717, 1.165) is 16.7 Å². The van der Waals surface area contributed by atoms with E-state index in [9.17, 15) is 9.59 Å². The van der Waals surface area contributed by atoms with E-state index in [2.05, 4.69) is 26.4 Å². The van der Waals surface area contributed by atoms with E-state index >= 15 is 0 Å². The summed E-state index contributed by atoms with van der Waals surface area (Å²) in [4.78, 5) is 33.9. The van der Waals surface area contributed by atoms with Crippen LogP contribution in [-0.2, 0) is 11.8 Å². The summed E-state index contributed by atoms with van der Waals surface area (Å²) < 4.78 is 12.3. The first kappa shape index (κ1) is 23.9. The topological polar surface area (TPSA) is 108 Å². The SMILES string of the molecule is CCCC(=O)Oc1c(OC)ccnc1C(=O)N[C@@H](C)c1nc(-c2cc(C)cc(C)c2)nn1C. The number of nitrogens with one attached hydrogen (secondary N) is 1. The van der Waals surface area contributed by atoms with E-state index in [1.807, 2.05) is 32.9 Å². The molecule has 2 heterocycles. The fourth-order valence-corrected chi connectivity index (χ4v) is 3.55. The molecule has 1 N–H and O–H groups in total. The Kier molecular flexibility index (Phi) is 7.42. The van der Waals surface area contributed by atoms with Crippen LogP contribution in [0.25, 0.3) is 11.4 Å². The van der Waals surface area contributed by atoms with Crippen LogP contribution >= 0.6 is 0 Å². The largest absolute Gasteiger partial charge is 0.493 e. The van der Waals surface area contributed by atoms with Gasteiger partial charge >= 0.3 is 5.97 Å². The molecule has 1 aromatic carbocycles. The van der Waals surface area contributed by atoms with Crippen molar-refractivity contribution in [3.8, 4) is 22.9 Å². The number of nitrogens with zero attached hydrogens (tertiary/aromatic N) is 4. The number of ether oxygens (including phenoxy) is 2. The third kappa shape index (κ3) is 5.54. The second-order valence-electron chi connectivity index (χ2n) is 7.90. The van der Waals surface area contributed by atoms with Crippen molar-refractivity contribution < 1.29 is 19.1 Å². The van der Waals surface area contributed by atoms with E-state index in [1.165, 1.54) is 19.4 Å². The summed E-state index contributed by atoms with van der Waals surface area (Å²) in [6.07, 6.45) is 2.26. The lowest BCUT2D eigenvalue weighted by Gasteiger charge is -2.15. The van der Waals surface area contributed by atoms with Gasteiger partial charge in [0.25, 0.3) is 5.91 Å². The van der Waals surface area contributed by atoms with Gasteiger partial charge in [-0.05, 0) is 39.3 Å². The molecular formula is C24H29N5O4. The third-order valence-electron chi connectivity index (χ3n) is 4.98. The molecule has 0 fully saturated rings. The van der Waals surface area contributed by atoms with Gasteiger partial charge in [0.15, 0.2) is 17.3 Å². The lowest BCUT2D eigenvalue weighted by Crippen LogP contribution is -2.30. The Morgan fingerprint density at radius 2 is 1.88 bits per heavy atom. The molecule has 33 heavy (non-hydrogen) atoms. The Balaban J connectivity index is 1.85. The number of carbonyl (C=O) groups excluding carboxylic acids is 2. The molecule has 0 spiro atoms. The van der Waals surface area contributed by atoms with Gasteiger partial charge in [-0.3, -0.25) is 14.3 Å². The zero-order chi connectivity index (χ0) is 24.1. The first-order valence-corrected chi connectivity index (χ1v) is 10.8. The molecule has 0 aliphatic carbocycles. The van der Waals surface area contributed by atoms with Crippen molar-refractivity contribution in [1.29, 1.82) is 0 Å². The fraction of sp³-hybridized carbons (Fsp3) is 0.375. The molecule has 0 aliphatic rings. The van der Waals surface area contributed by atoms with Gasteiger partial charge in [-0.25, -0.2) is 9.97 Å². The summed E-state index contributed by atoms with van der Waals surface area (Å²) in [7, 11) is 3.21. The number of hydrogen-bond donors (Lipinski definition) is 1. The molecule has 1 amide bonds. The smallest absolute Gasteiger partial charge is 0.311 e. The van der Waals surface area contributed by atoms with Gasteiger partial charge in [-0.15, -0.1) is 0 Å². The molecule has 0 aliphatic heterocycles. The lowest BCUT2D eigenvalue weighted by molar-refractivity contribution is -0.134. The second kappa shape index (κ2) is 10.2. The number of amides is 1. The van der Waals surface area contributed by atoms with Crippen molar-refractivity contribution in [2.24, 2.45) is 7.05 Å². The predicted octanol–water partition coefficient (Wildman–Crippen LogP) is 3.70. The van der Waals surface area contributed by atoms with Gasteiger partial charge in [0.1, 0.15) is 5.82 Å². The standard InChI is InChI=1S/C24H29N5O4/c1-7-8-19(30)33-21-18(32-6)9-10-25-20(21)24(31)26-16(4)23-27-22(28-29(23)5)17-12-14(2)11-15(3)13-17/h9-13,16H,7-8H2,1-6H3,(H,26,31)/t16-/m0/s1. The number of carbonyl (C=O) groups is 2. The average Bonchev–Trinajstić information content (AvgIpc) is 3.15. The number of hydrogen-bond acceptors (Lipinski definition) is 7. The molecule has 174 valence electrons. The van der Waals surface area contributed by atoms with Crippen LogP contribution in [0.15, 0.2) is 30.5 Å². The molecular weight excluding hydrogens is 422 g/mol. The number of pyridine rings is 1. The Labute approximate surface area is 193 Å². The van der Waals surface area contributed by atoms with Gasteiger partial charge in [0, 0.05) is 31.3 Å². The first-order chi connectivity index (χ1) is 15.7. The monoisotopic (exact) mass is 451 g/mol. The van der Waals surface area contributed by atoms with Crippen molar-refractivity contribution in [1.82, 2.24) is 25.1 Å². The molecule has 3 rings (SSSR count). The van der Waals surface area contributed by atoms with Crippen LogP contribution in [0.1, 0.15) is 60.2 Å². The van der Waals surface area contributed by atoms with E-state index in [1.54, 1.807) is 18.7 Å². The number of esters is 1. The van der Waals surface area contributed by atoms with Crippen molar-refractivity contribution in [3.63, 3.8) is 0 Å². The van der Waals surface area contributed by atoms with Crippen LogP contribution in [0.3, 0.4) is 0 Å². The molecule has 0 radical (unpaired) electrons. The summed E-state index contributed by atoms with van der Waals surface area (Å²) in [5, 5.41) is 7.38. The number of rotatable bonds is 8. The fourth-order valence-electron chi connectivity index (χ4n) is 3.55. The van der Waals surface area contributed by atoms with E-state index in [4.69, 9.17) is 9.47 Å². The maximum atomic E-state index is 13.1. The third-order valence-corrected chi connectivity index (χ3v) is 4.98. The first-order valence-electron chi connectivity index (χ1n) is 10.8. The molecule has 2 aromatic heterocycles. The van der Waals surface area contributed by atoms with E-state index in [-0.39, 0.29) is 23.6 Å². The number of aromatic nitrogens is 4. The minimum absolute atomic E-state index is 0.00274. The summed E-state index contributed by atoms with van der Waals surface area (Å²) in [5.41, 5.74) is 3.11. The molecule has 9 nitrogen and oxygen atoms in total. The van der Waals surface area contributed by atoms with Crippen LogP contribution in [0.2, 0.25) is 0 Å². The van der Waals surface area contributed by atoms with Crippen molar-refractivity contribution in [3.05, 3.63) is 53.1 Å². The number of aryl methyl sites for hydroxylation is 3. The molecule has 1 atom stereocenters. The highest BCUT2D eigenvalue weighted by atomic mass is 16.6. The van der Waals surface area contributed by atoms with Crippen molar-refractivity contribution in [2.45, 2.75) is 46.6 Å². The van der Waals surface area contributed by atoms with E-state index < -0.39 is 17.9 Å². The minimum atomic E-state index is -0.517. The Morgan fingerprint density at radius 3 is 2.52 bits per heavy atom.